The van der Waals surface area contributed by atoms with E-state index in [0.29, 0.717) is 11.1 Å². The van der Waals surface area contributed by atoms with Crippen molar-refractivity contribution in [2.75, 3.05) is 0 Å². The van der Waals surface area contributed by atoms with Gasteiger partial charge in [0, 0.05) is 23.7 Å². The Morgan fingerprint density at radius 3 is 2.94 bits per heavy atom. The number of halogens is 1. The Bertz CT molecular complexity index is 532. The second-order valence-electron chi connectivity index (χ2n) is 4.21. The van der Waals surface area contributed by atoms with Crippen molar-refractivity contribution in [1.29, 1.82) is 0 Å². The first-order valence-corrected chi connectivity index (χ1v) is 5.71. The molecule has 1 aliphatic rings. The quantitative estimate of drug-likeness (QED) is 0.746. The molecule has 3 nitrogen and oxygen atoms in total. The first-order chi connectivity index (χ1) is 7.74. The van der Waals surface area contributed by atoms with E-state index in [4.69, 9.17) is 16.1 Å². The van der Waals surface area contributed by atoms with Crippen LogP contribution in [-0.2, 0) is 0 Å². The molecule has 0 atom stereocenters. The highest BCUT2D eigenvalue weighted by atomic mass is 35.5. The Morgan fingerprint density at radius 1 is 1.38 bits per heavy atom. The highest BCUT2D eigenvalue weighted by Gasteiger charge is 2.28. The molecular formula is C12H11ClN2O. The van der Waals surface area contributed by atoms with Crippen LogP contribution in [0.3, 0.4) is 0 Å². The van der Waals surface area contributed by atoms with E-state index in [1.54, 1.807) is 6.20 Å². The second-order valence-corrected chi connectivity index (χ2v) is 4.60. The monoisotopic (exact) mass is 234 g/mol. The molecule has 0 amide bonds. The molecule has 0 radical (unpaired) electrons. The molecule has 0 aliphatic heterocycles. The van der Waals surface area contributed by atoms with E-state index in [-0.39, 0.29) is 0 Å². The van der Waals surface area contributed by atoms with Gasteiger partial charge in [-0.2, -0.15) is 0 Å². The van der Waals surface area contributed by atoms with Crippen molar-refractivity contribution in [3.05, 3.63) is 34.8 Å². The normalized spacial score (nSPS) is 15.4. The van der Waals surface area contributed by atoms with Gasteiger partial charge in [0.05, 0.1) is 0 Å². The van der Waals surface area contributed by atoms with E-state index in [1.165, 1.54) is 12.8 Å². The van der Waals surface area contributed by atoms with Gasteiger partial charge in [-0.05, 0) is 31.4 Å². The second kappa shape index (κ2) is 3.59. The Balaban J connectivity index is 2.03. The van der Waals surface area contributed by atoms with Crippen molar-refractivity contribution in [2.24, 2.45) is 0 Å². The number of hydrogen-bond donors (Lipinski definition) is 0. The summed E-state index contributed by atoms with van der Waals surface area (Å²) in [7, 11) is 0. The maximum Gasteiger partial charge on any atom is 0.140 e. The minimum Gasteiger partial charge on any atom is -0.360 e. The standard InChI is InChI=1S/C12H11ClN2O/c1-7-6-14-12(13)4-9(7)10-5-11(16-15-10)8-2-3-8/h4-6,8H,2-3H2,1H3. The SMILES string of the molecule is Cc1cnc(Cl)cc1-c1cc(C2CC2)on1. The summed E-state index contributed by atoms with van der Waals surface area (Å²) in [4.78, 5) is 4.03. The van der Waals surface area contributed by atoms with Gasteiger partial charge in [0.2, 0.25) is 0 Å². The van der Waals surface area contributed by atoms with Crippen LogP contribution < -0.4 is 0 Å². The molecule has 1 aliphatic carbocycles. The lowest BCUT2D eigenvalue weighted by Crippen LogP contribution is -1.85. The van der Waals surface area contributed by atoms with E-state index >= 15 is 0 Å². The maximum absolute atomic E-state index is 5.88. The third kappa shape index (κ3) is 1.71. The van der Waals surface area contributed by atoms with Crippen molar-refractivity contribution in [1.82, 2.24) is 10.1 Å². The van der Waals surface area contributed by atoms with Gasteiger partial charge in [0.1, 0.15) is 16.6 Å². The van der Waals surface area contributed by atoms with Crippen LogP contribution in [0.25, 0.3) is 11.3 Å². The van der Waals surface area contributed by atoms with Gasteiger partial charge >= 0.3 is 0 Å². The Labute approximate surface area is 98.4 Å². The van der Waals surface area contributed by atoms with Crippen LogP contribution in [0.2, 0.25) is 5.15 Å². The zero-order chi connectivity index (χ0) is 11.1. The first kappa shape index (κ1) is 9.85. The van der Waals surface area contributed by atoms with Crippen LogP contribution in [-0.4, -0.2) is 10.1 Å². The molecule has 0 spiro atoms. The van der Waals surface area contributed by atoms with Crippen molar-refractivity contribution < 1.29 is 4.52 Å². The fraction of sp³-hybridized carbons (Fsp3) is 0.333. The minimum atomic E-state index is 0.483. The Hall–Kier alpha value is -1.35. The summed E-state index contributed by atoms with van der Waals surface area (Å²) in [5, 5.41) is 4.57. The fourth-order valence-corrected chi connectivity index (χ4v) is 1.91. The molecule has 2 heterocycles. The van der Waals surface area contributed by atoms with Gasteiger partial charge < -0.3 is 4.52 Å². The number of hydrogen-bond acceptors (Lipinski definition) is 3. The fourth-order valence-electron chi connectivity index (χ4n) is 1.75. The van der Waals surface area contributed by atoms with Crippen LogP contribution in [0.4, 0.5) is 0 Å². The van der Waals surface area contributed by atoms with E-state index in [9.17, 15) is 0 Å². The van der Waals surface area contributed by atoms with Crippen LogP contribution in [0.5, 0.6) is 0 Å². The van der Waals surface area contributed by atoms with E-state index in [2.05, 4.69) is 10.1 Å². The molecule has 1 saturated carbocycles. The lowest BCUT2D eigenvalue weighted by Gasteiger charge is -2.00. The number of nitrogens with zero attached hydrogens (tertiary/aromatic N) is 2. The molecule has 2 aromatic heterocycles. The van der Waals surface area contributed by atoms with Crippen molar-refractivity contribution in [2.45, 2.75) is 25.7 Å². The molecule has 16 heavy (non-hydrogen) atoms. The molecule has 0 bridgehead atoms. The van der Waals surface area contributed by atoms with Gasteiger partial charge in [-0.25, -0.2) is 4.98 Å². The largest absolute Gasteiger partial charge is 0.360 e. The highest BCUT2D eigenvalue weighted by Crippen LogP contribution is 2.41. The molecule has 1 fully saturated rings. The smallest absolute Gasteiger partial charge is 0.140 e. The molecule has 0 saturated heterocycles. The number of rotatable bonds is 2. The topological polar surface area (TPSA) is 38.9 Å². The molecule has 0 aromatic carbocycles. The van der Waals surface area contributed by atoms with Gasteiger partial charge in [0.25, 0.3) is 0 Å². The first-order valence-electron chi connectivity index (χ1n) is 5.33. The summed E-state index contributed by atoms with van der Waals surface area (Å²) >= 11 is 5.88. The molecule has 4 heteroatoms. The van der Waals surface area contributed by atoms with E-state index < -0.39 is 0 Å². The average molecular weight is 235 g/mol. The molecular weight excluding hydrogens is 224 g/mol. The van der Waals surface area contributed by atoms with E-state index in [0.717, 1.165) is 22.6 Å². The number of aryl methyl sites for hydroxylation is 1. The minimum absolute atomic E-state index is 0.483. The molecule has 0 unspecified atom stereocenters. The lowest BCUT2D eigenvalue weighted by molar-refractivity contribution is 0.386. The molecule has 2 aromatic rings. The molecule has 3 rings (SSSR count). The van der Waals surface area contributed by atoms with Crippen LogP contribution in [0, 0.1) is 6.92 Å². The van der Waals surface area contributed by atoms with Crippen LogP contribution in [0.15, 0.2) is 22.9 Å². The summed E-state index contributed by atoms with van der Waals surface area (Å²) in [6.07, 6.45) is 4.18. The maximum atomic E-state index is 5.88. The lowest BCUT2D eigenvalue weighted by atomic mass is 10.1. The third-order valence-corrected chi connectivity index (χ3v) is 3.06. The predicted octanol–water partition coefficient (Wildman–Crippen LogP) is 3.58. The van der Waals surface area contributed by atoms with Gasteiger partial charge in [-0.3, -0.25) is 0 Å². The van der Waals surface area contributed by atoms with Crippen LogP contribution >= 0.6 is 11.6 Å². The van der Waals surface area contributed by atoms with E-state index in [1.807, 2.05) is 19.1 Å². The van der Waals surface area contributed by atoms with Gasteiger partial charge in [-0.1, -0.05) is 16.8 Å². The zero-order valence-corrected chi connectivity index (χ0v) is 9.66. The summed E-state index contributed by atoms with van der Waals surface area (Å²) < 4.78 is 5.32. The zero-order valence-electron chi connectivity index (χ0n) is 8.90. The Kier molecular flexibility index (Phi) is 2.21. The van der Waals surface area contributed by atoms with Crippen molar-refractivity contribution in [3.63, 3.8) is 0 Å². The molecule has 0 N–H and O–H groups in total. The highest BCUT2D eigenvalue weighted by molar-refractivity contribution is 6.29. The average Bonchev–Trinajstić information content (AvgIpc) is 3.01. The summed E-state index contributed by atoms with van der Waals surface area (Å²) in [5.74, 6) is 1.57. The van der Waals surface area contributed by atoms with Gasteiger partial charge in [0.15, 0.2) is 0 Å². The van der Waals surface area contributed by atoms with Crippen LogP contribution in [0.1, 0.15) is 30.1 Å². The predicted molar refractivity (Wildman–Crippen MR) is 61.5 cm³/mol. The number of aromatic nitrogens is 2. The van der Waals surface area contributed by atoms with Crippen molar-refractivity contribution in [3.8, 4) is 11.3 Å². The number of pyridine rings is 1. The summed E-state index contributed by atoms with van der Waals surface area (Å²) in [6.45, 7) is 1.99. The summed E-state index contributed by atoms with van der Waals surface area (Å²) in [5.41, 5.74) is 2.90. The summed E-state index contributed by atoms with van der Waals surface area (Å²) in [6, 6.07) is 3.84. The Morgan fingerprint density at radius 2 is 2.19 bits per heavy atom. The molecule has 82 valence electrons. The van der Waals surface area contributed by atoms with Gasteiger partial charge in [-0.15, -0.1) is 0 Å². The van der Waals surface area contributed by atoms with Crippen molar-refractivity contribution >= 4 is 11.6 Å². The third-order valence-electron chi connectivity index (χ3n) is 2.85.